The van der Waals surface area contributed by atoms with Crippen molar-refractivity contribution in [2.24, 2.45) is 0 Å². The maximum Gasteiger partial charge on any atom is 0.329 e. The number of nitrogens with one attached hydrogen (secondary N) is 1. The molecule has 0 bridgehead atoms. The Morgan fingerprint density at radius 2 is 1.95 bits per heavy atom. The molecule has 1 amide bonds. The largest absolute Gasteiger partial charge is 0.484 e. The van der Waals surface area contributed by atoms with Crippen LogP contribution >= 0.6 is 22.6 Å². The number of amides is 1. The number of carboxylic acids is 1. The van der Waals surface area contributed by atoms with Gasteiger partial charge in [0, 0.05) is 3.57 Å². The number of carboxylic acid groups (broad SMARTS) is 1. The highest BCUT2D eigenvalue weighted by Crippen LogP contribution is 2.14. The lowest BCUT2D eigenvalue weighted by molar-refractivity contribution is -0.147. The maximum atomic E-state index is 11.8. The van der Waals surface area contributed by atoms with E-state index in [2.05, 4.69) is 27.9 Å². The number of ether oxygens (including phenoxy) is 1. The predicted molar refractivity (Wildman–Crippen MR) is 83.7 cm³/mol. The van der Waals surface area contributed by atoms with Gasteiger partial charge in [-0.1, -0.05) is 13.3 Å². The third-order valence-corrected chi connectivity index (χ3v) is 3.54. The van der Waals surface area contributed by atoms with E-state index >= 15 is 0 Å². The Hall–Kier alpha value is -1.31. The smallest absolute Gasteiger partial charge is 0.329 e. The van der Waals surface area contributed by atoms with Crippen LogP contribution < -0.4 is 10.1 Å². The van der Waals surface area contributed by atoms with Crippen LogP contribution in [0.15, 0.2) is 24.3 Å². The van der Waals surface area contributed by atoms with Gasteiger partial charge in [-0.05, 0) is 60.2 Å². The van der Waals surface area contributed by atoms with E-state index in [-0.39, 0.29) is 6.61 Å². The van der Waals surface area contributed by atoms with Crippen molar-refractivity contribution in [3.8, 4) is 5.75 Å². The van der Waals surface area contributed by atoms with E-state index < -0.39 is 17.4 Å². The minimum absolute atomic E-state index is 0.201. The van der Waals surface area contributed by atoms with Gasteiger partial charge in [-0.3, -0.25) is 4.79 Å². The van der Waals surface area contributed by atoms with Gasteiger partial charge in [0.15, 0.2) is 6.61 Å². The van der Waals surface area contributed by atoms with E-state index in [1.807, 2.05) is 19.1 Å². The van der Waals surface area contributed by atoms with E-state index in [4.69, 9.17) is 4.74 Å². The van der Waals surface area contributed by atoms with Crippen LogP contribution in [0, 0.1) is 3.57 Å². The standard InChI is InChI=1S/C14H18INO4/c1-3-8-14(2,13(18)19)16-12(17)9-20-11-6-4-10(15)5-7-11/h4-7H,3,8-9H2,1-2H3,(H,16,17)(H,18,19). The van der Waals surface area contributed by atoms with Crippen molar-refractivity contribution in [1.29, 1.82) is 0 Å². The molecule has 1 unspecified atom stereocenters. The second-order valence-corrected chi connectivity index (χ2v) is 5.92. The molecule has 0 radical (unpaired) electrons. The van der Waals surface area contributed by atoms with Crippen molar-refractivity contribution >= 4 is 34.5 Å². The van der Waals surface area contributed by atoms with Crippen molar-refractivity contribution in [3.63, 3.8) is 0 Å². The summed E-state index contributed by atoms with van der Waals surface area (Å²) in [5, 5.41) is 11.7. The average Bonchev–Trinajstić information content (AvgIpc) is 2.38. The fourth-order valence-electron chi connectivity index (χ4n) is 1.75. The highest BCUT2D eigenvalue weighted by molar-refractivity contribution is 14.1. The molecule has 0 aliphatic carbocycles. The molecule has 0 fully saturated rings. The van der Waals surface area contributed by atoms with Crippen LogP contribution in [-0.2, 0) is 9.59 Å². The molecular formula is C14H18INO4. The normalized spacial score (nSPS) is 13.3. The highest BCUT2D eigenvalue weighted by atomic mass is 127. The van der Waals surface area contributed by atoms with Gasteiger partial charge in [0.05, 0.1) is 0 Å². The zero-order valence-electron chi connectivity index (χ0n) is 11.5. The van der Waals surface area contributed by atoms with Gasteiger partial charge in [-0.25, -0.2) is 4.79 Å². The SMILES string of the molecule is CCCC(C)(NC(=O)COc1ccc(I)cc1)C(=O)O. The zero-order chi connectivity index (χ0) is 15.2. The number of aliphatic carboxylic acids is 1. The molecule has 110 valence electrons. The van der Waals surface area contributed by atoms with Crippen molar-refractivity contribution in [1.82, 2.24) is 5.32 Å². The summed E-state index contributed by atoms with van der Waals surface area (Å²) in [5.74, 6) is -0.906. The van der Waals surface area contributed by atoms with Gasteiger partial charge in [0.2, 0.25) is 0 Å². The lowest BCUT2D eigenvalue weighted by Gasteiger charge is -2.25. The highest BCUT2D eigenvalue weighted by Gasteiger charge is 2.33. The number of rotatable bonds is 7. The molecule has 0 saturated heterocycles. The van der Waals surface area contributed by atoms with Crippen molar-refractivity contribution in [2.75, 3.05) is 6.61 Å². The third-order valence-electron chi connectivity index (χ3n) is 2.82. The number of hydrogen-bond donors (Lipinski definition) is 2. The monoisotopic (exact) mass is 391 g/mol. The Labute approximate surface area is 131 Å². The topological polar surface area (TPSA) is 75.6 Å². The summed E-state index contributed by atoms with van der Waals surface area (Å²) in [6, 6.07) is 7.26. The summed E-state index contributed by atoms with van der Waals surface area (Å²) in [5.41, 5.74) is -1.25. The van der Waals surface area contributed by atoms with E-state index in [0.29, 0.717) is 18.6 Å². The van der Waals surface area contributed by atoms with E-state index in [1.54, 1.807) is 12.1 Å². The molecule has 0 aromatic heterocycles. The second kappa shape index (κ2) is 7.47. The lowest BCUT2D eigenvalue weighted by atomic mass is 9.96. The van der Waals surface area contributed by atoms with Crippen LogP contribution in [0.3, 0.4) is 0 Å². The summed E-state index contributed by atoms with van der Waals surface area (Å²) in [6.07, 6.45) is 1.04. The molecule has 0 heterocycles. The minimum Gasteiger partial charge on any atom is -0.484 e. The van der Waals surface area contributed by atoms with Crippen LogP contribution in [-0.4, -0.2) is 29.1 Å². The first kappa shape index (κ1) is 16.7. The van der Waals surface area contributed by atoms with Crippen LogP contribution in [0.1, 0.15) is 26.7 Å². The van der Waals surface area contributed by atoms with Crippen LogP contribution in [0.4, 0.5) is 0 Å². The van der Waals surface area contributed by atoms with Gasteiger partial charge >= 0.3 is 5.97 Å². The van der Waals surface area contributed by atoms with Crippen molar-refractivity contribution in [3.05, 3.63) is 27.8 Å². The van der Waals surface area contributed by atoms with Gasteiger partial charge in [0.1, 0.15) is 11.3 Å². The number of halogens is 1. The Morgan fingerprint density at radius 3 is 2.45 bits per heavy atom. The summed E-state index contributed by atoms with van der Waals surface area (Å²) >= 11 is 2.17. The molecular weight excluding hydrogens is 373 g/mol. The van der Waals surface area contributed by atoms with E-state index in [9.17, 15) is 14.7 Å². The zero-order valence-corrected chi connectivity index (χ0v) is 13.6. The molecule has 0 saturated carbocycles. The Bertz CT molecular complexity index is 475. The summed E-state index contributed by atoms with van der Waals surface area (Å²) in [7, 11) is 0. The predicted octanol–water partition coefficient (Wildman–Crippen LogP) is 2.43. The lowest BCUT2D eigenvalue weighted by Crippen LogP contribution is -2.53. The van der Waals surface area contributed by atoms with Gasteiger partial charge in [-0.15, -0.1) is 0 Å². The quantitative estimate of drug-likeness (QED) is 0.701. The Balaban J connectivity index is 2.54. The van der Waals surface area contributed by atoms with Gasteiger partial charge < -0.3 is 15.2 Å². The molecule has 1 rings (SSSR count). The molecule has 0 spiro atoms. The fraction of sp³-hybridized carbons (Fsp3) is 0.429. The Morgan fingerprint density at radius 1 is 1.35 bits per heavy atom. The van der Waals surface area contributed by atoms with E-state index in [0.717, 1.165) is 3.57 Å². The molecule has 1 atom stereocenters. The number of carbonyl (C=O) groups is 2. The summed E-state index contributed by atoms with van der Waals surface area (Å²) in [4.78, 5) is 23.0. The molecule has 1 aromatic carbocycles. The number of benzene rings is 1. The van der Waals surface area contributed by atoms with Crippen molar-refractivity contribution < 1.29 is 19.4 Å². The molecule has 6 heteroatoms. The number of carbonyl (C=O) groups excluding carboxylic acids is 1. The Kier molecular flexibility index (Phi) is 6.25. The molecule has 2 N–H and O–H groups in total. The van der Waals surface area contributed by atoms with Crippen LogP contribution in [0.2, 0.25) is 0 Å². The van der Waals surface area contributed by atoms with Gasteiger partial charge in [-0.2, -0.15) is 0 Å². The van der Waals surface area contributed by atoms with Crippen molar-refractivity contribution in [2.45, 2.75) is 32.2 Å². The second-order valence-electron chi connectivity index (χ2n) is 4.68. The fourth-order valence-corrected chi connectivity index (χ4v) is 2.11. The van der Waals surface area contributed by atoms with Crippen LogP contribution in [0.25, 0.3) is 0 Å². The molecule has 1 aromatic rings. The first-order valence-corrected chi connectivity index (χ1v) is 7.38. The van der Waals surface area contributed by atoms with E-state index in [1.165, 1.54) is 6.92 Å². The molecule has 20 heavy (non-hydrogen) atoms. The molecule has 5 nitrogen and oxygen atoms in total. The summed E-state index contributed by atoms with van der Waals surface area (Å²) < 4.78 is 6.39. The maximum absolute atomic E-state index is 11.8. The first-order valence-electron chi connectivity index (χ1n) is 6.30. The third kappa shape index (κ3) is 4.99. The first-order chi connectivity index (χ1) is 9.37. The van der Waals surface area contributed by atoms with Gasteiger partial charge in [0.25, 0.3) is 5.91 Å². The number of hydrogen-bond acceptors (Lipinski definition) is 3. The molecule has 0 aliphatic heterocycles. The minimum atomic E-state index is -1.25. The summed E-state index contributed by atoms with van der Waals surface area (Å²) in [6.45, 7) is 3.17. The van der Waals surface area contributed by atoms with Crippen LogP contribution in [0.5, 0.6) is 5.75 Å². The molecule has 0 aliphatic rings. The average molecular weight is 391 g/mol.